The number of aromatic nitrogens is 3. The number of nitrogens with zero attached hydrogens (tertiary/aromatic N) is 3. The molecule has 0 saturated carbocycles. The molecule has 1 aromatic rings. The van der Waals surface area contributed by atoms with Gasteiger partial charge < -0.3 is 24.0 Å². The highest BCUT2D eigenvalue weighted by Crippen LogP contribution is 2.04. The van der Waals surface area contributed by atoms with Crippen molar-refractivity contribution < 1.29 is 28.7 Å². The van der Waals surface area contributed by atoms with Crippen LogP contribution in [0.3, 0.4) is 0 Å². The van der Waals surface area contributed by atoms with Gasteiger partial charge in [0.15, 0.2) is 11.9 Å². The van der Waals surface area contributed by atoms with E-state index in [9.17, 15) is 0 Å². The molecule has 0 bridgehead atoms. The van der Waals surface area contributed by atoms with Gasteiger partial charge in [-0.25, -0.2) is 0 Å². The Kier molecular flexibility index (Phi) is 6.01. The second kappa shape index (κ2) is 5.98. The summed E-state index contributed by atoms with van der Waals surface area (Å²) in [6.45, 7) is 9.31. The highest BCUT2D eigenvalue weighted by molar-refractivity contribution is 6.74. The third-order valence-corrected chi connectivity index (χ3v) is 3.38. The summed E-state index contributed by atoms with van der Waals surface area (Å²) < 4.78 is 4.11. The number of rotatable bonds is 4. The molecule has 3 nitrogen and oxygen atoms in total. The average molecular weight is 339 g/mol. The maximum Gasteiger partial charge on any atom is 0.167 e. The molecule has 0 aromatic carbocycles. The lowest BCUT2D eigenvalue weighted by molar-refractivity contribution is -0.738. The van der Waals surface area contributed by atoms with Crippen molar-refractivity contribution in [2.75, 3.05) is 0 Å². The first-order valence-corrected chi connectivity index (χ1v) is 9.06. The molecular formula is C10H22IN3Si. The van der Waals surface area contributed by atoms with E-state index in [4.69, 9.17) is 0 Å². The van der Waals surface area contributed by atoms with Gasteiger partial charge in [-0.3, -0.25) is 0 Å². The topological polar surface area (TPSA) is 21.7 Å². The van der Waals surface area contributed by atoms with Gasteiger partial charge in [0.25, 0.3) is 0 Å². The van der Waals surface area contributed by atoms with Crippen LogP contribution < -0.4 is 28.7 Å². The van der Waals surface area contributed by atoms with E-state index in [1.54, 1.807) is 0 Å². The first-order valence-electron chi connectivity index (χ1n) is 5.35. The molecule has 1 rings (SSSR count). The zero-order valence-electron chi connectivity index (χ0n) is 10.4. The normalized spacial score (nSPS) is 11.3. The van der Waals surface area contributed by atoms with Gasteiger partial charge in [0.05, 0.1) is 13.3 Å². The second-order valence-corrected chi connectivity index (χ2v) is 10.6. The predicted octanol–water partition coefficient (Wildman–Crippen LogP) is -1.46. The van der Waals surface area contributed by atoms with Crippen molar-refractivity contribution in [3.05, 3.63) is 11.9 Å². The highest BCUT2D eigenvalue weighted by Gasteiger charge is 2.20. The molecule has 15 heavy (non-hydrogen) atoms. The van der Waals surface area contributed by atoms with Crippen molar-refractivity contribution in [3.63, 3.8) is 0 Å². The minimum absolute atomic E-state index is 0. The minimum Gasteiger partial charge on any atom is -1.00 e. The molecule has 1 heterocycles. The van der Waals surface area contributed by atoms with Gasteiger partial charge in [-0.2, -0.15) is 0 Å². The third kappa shape index (κ3) is 5.10. The highest BCUT2D eigenvalue weighted by atomic mass is 127. The second-order valence-electron chi connectivity index (χ2n) is 5.14. The molecule has 5 heteroatoms. The Hall–Kier alpha value is 0.0869. The van der Waals surface area contributed by atoms with E-state index in [1.807, 2.05) is 11.7 Å². The molecule has 0 fully saturated rings. The zero-order chi connectivity index (χ0) is 10.8. The average Bonchev–Trinajstić information content (AvgIpc) is 2.28. The number of halogens is 1. The molecule has 0 aliphatic heterocycles. The van der Waals surface area contributed by atoms with Crippen molar-refractivity contribution in [1.29, 1.82) is 0 Å². The Morgan fingerprint density at radius 2 is 2.00 bits per heavy atom. The van der Waals surface area contributed by atoms with Crippen molar-refractivity contribution in [1.82, 2.24) is 9.90 Å². The van der Waals surface area contributed by atoms with Gasteiger partial charge in [-0.05, 0) is 6.42 Å². The van der Waals surface area contributed by atoms with Crippen LogP contribution in [0.4, 0.5) is 0 Å². The van der Waals surface area contributed by atoms with E-state index in [0.29, 0.717) is 0 Å². The van der Waals surface area contributed by atoms with Crippen molar-refractivity contribution in [3.8, 4) is 0 Å². The van der Waals surface area contributed by atoms with Gasteiger partial charge in [-0.15, -0.1) is 9.36 Å². The largest absolute Gasteiger partial charge is 1.00 e. The maximum atomic E-state index is 4.48. The quantitative estimate of drug-likeness (QED) is 0.373. The Bertz CT molecular complexity index is 304. The molecule has 0 N–H and O–H groups in total. The van der Waals surface area contributed by atoms with Gasteiger partial charge >= 0.3 is 0 Å². The lowest BCUT2D eigenvalue weighted by Crippen LogP contribution is -3.00. The summed E-state index contributed by atoms with van der Waals surface area (Å²) in [6.07, 6.45) is 5.63. The maximum absolute atomic E-state index is 4.48. The van der Waals surface area contributed by atoms with Gasteiger partial charge in [0.2, 0.25) is 0 Å². The monoisotopic (exact) mass is 339 g/mol. The predicted molar refractivity (Wildman–Crippen MR) is 60.7 cm³/mol. The molecular weight excluding hydrogens is 317 g/mol. The van der Waals surface area contributed by atoms with Crippen LogP contribution in [0.15, 0.2) is 6.20 Å². The van der Waals surface area contributed by atoms with Gasteiger partial charge in [0, 0.05) is 6.42 Å². The van der Waals surface area contributed by atoms with Crippen molar-refractivity contribution in [2.45, 2.75) is 45.6 Å². The molecule has 0 saturated heterocycles. The van der Waals surface area contributed by atoms with E-state index >= 15 is 0 Å². The SMILES string of the molecule is CCCc1cn(C[Si](C)(C)C)n[n+]1C.[I-]. The molecule has 88 valence electrons. The minimum atomic E-state index is -1.04. The molecule has 0 amide bonds. The molecule has 1 aromatic heterocycles. The summed E-state index contributed by atoms with van der Waals surface area (Å²) in [6, 6.07) is 0. The summed E-state index contributed by atoms with van der Waals surface area (Å²) in [4.78, 5) is 0. The van der Waals surface area contributed by atoms with Crippen LogP contribution in [-0.2, 0) is 19.6 Å². The van der Waals surface area contributed by atoms with E-state index in [1.165, 1.54) is 12.1 Å². The van der Waals surface area contributed by atoms with Crippen LogP contribution in [0.25, 0.3) is 0 Å². The summed E-state index contributed by atoms with van der Waals surface area (Å²) in [5.74, 6) is 0. The molecule has 0 aliphatic carbocycles. The lowest BCUT2D eigenvalue weighted by Gasteiger charge is -2.09. The molecule has 0 aliphatic rings. The van der Waals surface area contributed by atoms with E-state index in [0.717, 1.165) is 12.6 Å². The summed E-state index contributed by atoms with van der Waals surface area (Å²) in [7, 11) is 0.990. The van der Waals surface area contributed by atoms with Crippen molar-refractivity contribution in [2.24, 2.45) is 7.05 Å². The van der Waals surface area contributed by atoms with E-state index in [-0.39, 0.29) is 24.0 Å². The first kappa shape index (κ1) is 15.1. The molecule has 0 spiro atoms. The van der Waals surface area contributed by atoms with Crippen LogP contribution in [0.1, 0.15) is 19.0 Å². The first-order chi connectivity index (χ1) is 6.42. The fraction of sp³-hybridized carbons (Fsp3) is 0.800. The Morgan fingerprint density at radius 1 is 1.40 bits per heavy atom. The van der Waals surface area contributed by atoms with Crippen LogP contribution in [0, 0.1) is 0 Å². The molecule has 0 atom stereocenters. The Balaban J connectivity index is 0.00000196. The number of hydrogen-bond acceptors (Lipinski definition) is 1. The molecule has 0 unspecified atom stereocenters. The lowest BCUT2D eigenvalue weighted by atomic mass is 10.3. The van der Waals surface area contributed by atoms with E-state index < -0.39 is 8.07 Å². The fourth-order valence-corrected chi connectivity index (χ4v) is 2.68. The Morgan fingerprint density at radius 3 is 2.47 bits per heavy atom. The molecule has 0 radical (unpaired) electrons. The smallest absolute Gasteiger partial charge is 0.167 e. The van der Waals surface area contributed by atoms with E-state index in [2.05, 4.69) is 42.7 Å². The zero-order valence-corrected chi connectivity index (χ0v) is 13.6. The fourth-order valence-electron chi connectivity index (χ4n) is 1.56. The summed E-state index contributed by atoms with van der Waals surface area (Å²) in [5, 5.41) is 4.48. The van der Waals surface area contributed by atoms with Crippen LogP contribution >= 0.6 is 0 Å². The van der Waals surface area contributed by atoms with Crippen LogP contribution in [0.2, 0.25) is 19.6 Å². The third-order valence-electron chi connectivity index (χ3n) is 2.11. The van der Waals surface area contributed by atoms with Crippen LogP contribution in [-0.4, -0.2) is 18.0 Å². The standard InChI is InChI=1S/C10H22N3Si.HI/c1-6-7-10-8-13(11-12(10)2)9-14(3,4)5;/h8H,6-7,9H2,1-5H3;1H/q+1;/p-1. The van der Waals surface area contributed by atoms with Gasteiger partial charge in [-0.1, -0.05) is 26.6 Å². The number of hydrogen-bond donors (Lipinski definition) is 0. The summed E-state index contributed by atoms with van der Waals surface area (Å²) >= 11 is 0. The summed E-state index contributed by atoms with van der Waals surface area (Å²) in [5.41, 5.74) is 1.34. The van der Waals surface area contributed by atoms with Crippen LogP contribution in [0.5, 0.6) is 0 Å². The Labute approximate surface area is 111 Å². The van der Waals surface area contributed by atoms with Gasteiger partial charge in [0.1, 0.15) is 13.2 Å². The number of aryl methyl sites for hydroxylation is 2. The van der Waals surface area contributed by atoms with Crippen molar-refractivity contribution >= 4 is 8.07 Å².